The maximum absolute atomic E-state index is 14.4. The summed E-state index contributed by atoms with van der Waals surface area (Å²) in [5.41, 5.74) is -4.61. The fraction of sp³-hybridized carbons (Fsp3) is 0.844. The third-order valence-corrected chi connectivity index (χ3v) is 16.0. The van der Waals surface area contributed by atoms with Crippen LogP contribution in [0, 0.1) is 46.3 Å². The number of carbonyl (C=O) groups excluding carboxylic acids is 3. The molecule has 13 nitrogen and oxygen atoms in total. The summed E-state index contributed by atoms with van der Waals surface area (Å²) < 4.78 is 12.0. The number of hydrogen-bond acceptors (Lipinski definition) is 12. The van der Waals surface area contributed by atoms with E-state index in [0.717, 1.165) is 24.8 Å². The number of esters is 1. The molecule has 0 aromatic carbocycles. The molecule has 17 atom stereocenters. The van der Waals surface area contributed by atoms with Gasteiger partial charge in [0, 0.05) is 55.5 Å². The van der Waals surface area contributed by atoms with E-state index in [0.29, 0.717) is 32.4 Å². The van der Waals surface area contributed by atoms with Crippen LogP contribution in [0.1, 0.15) is 114 Å². The number of nitrogens with zero attached hydrogens (tertiary/aromatic N) is 1. The molecular weight excluding hydrogens is 744 g/mol. The van der Waals surface area contributed by atoms with Crippen molar-refractivity contribution in [1.29, 1.82) is 0 Å². The number of methoxy groups -OCH3 is 1. The Morgan fingerprint density at radius 2 is 1.67 bits per heavy atom. The number of ether oxygens (including phenoxy) is 2. The van der Waals surface area contributed by atoms with Crippen LogP contribution in [0.2, 0.25) is 0 Å². The molecule has 5 rings (SSSR count). The van der Waals surface area contributed by atoms with Gasteiger partial charge in [-0.25, -0.2) is 0 Å². The molecule has 3 saturated carbocycles. The standard InChI is InChI=1S/C45H74N2O11/c1-11-34-44(9,56)38(52)28(5)47(24-25(2)22-43(8,55)37(51)26(3)36(50)27(4)39(53)58-34)20-12-19-46-40(54)45(57-10)18-16-32-31-14-13-29-21-30(48)15-17-41(29,6)35(31)33(49)23-42(32,45)7/h15,17,21,25-28,31-38,49-52,55-56H,11-14,16,18-20,22-24H2,1-10H3,(H,46,54)/t25-,26?,27-,28-,31?,32?,33+,34-,35?,36+,37-,38-,41+,42+,43-,44-,45+/m1/s1. The van der Waals surface area contributed by atoms with Crippen molar-refractivity contribution in [3.05, 3.63) is 23.8 Å². The zero-order valence-corrected chi connectivity index (χ0v) is 36.6. The van der Waals surface area contributed by atoms with Gasteiger partial charge in [-0.05, 0) is 109 Å². The lowest BCUT2D eigenvalue weighted by Crippen LogP contribution is -2.63. The molecule has 0 spiro atoms. The van der Waals surface area contributed by atoms with Gasteiger partial charge in [0.2, 0.25) is 0 Å². The Kier molecular flexibility index (Phi) is 13.9. The van der Waals surface area contributed by atoms with Crippen molar-refractivity contribution < 1.29 is 54.5 Å². The lowest BCUT2D eigenvalue weighted by atomic mass is 9.46. The summed E-state index contributed by atoms with van der Waals surface area (Å²) in [5.74, 6) is -2.96. The average molecular weight is 819 g/mol. The van der Waals surface area contributed by atoms with Gasteiger partial charge in [0.25, 0.3) is 5.91 Å². The first-order valence-corrected chi connectivity index (χ1v) is 21.8. The van der Waals surface area contributed by atoms with Crippen LogP contribution in [0.25, 0.3) is 0 Å². The molecule has 0 aromatic rings. The first-order chi connectivity index (χ1) is 26.9. The highest BCUT2D eigenvalue weighted by molar-refractivity contribution is 6.01. The minimum atomic E-state index is -1.87. The molecule has 4 fully saturated rings. The van der Waals surface area contributed by atoms with E-state index in [-0.39, 0.29) is 54.7 Å². The number of cyclic esters (lactones) is 1. The second-order valence-electron chi connectivity index (χ2n) is 19.9. The van der Waals surface area contributed by atoms with Crippen molar-refractivity contribution in [3.8, 4) is 0 Å². The van der Waals surface area contributed by atoms with Crippen LogP contribution in [0.4, 0.5) is 0 Å². The molecule has 13 heteroatoms. The van der Waals surface area contributed by atoms with E-state index in [2.05, 4.69) is 19.2 Å². The van der Waals surface area contributed by atoms with Gasteiger partial charge in [0.05, 0.1) is 29.8 Å². The van der Waals surface area contributed by atoms with Gasteiger partial charge in [0.1, 0.15) is 17.8 Å². The first-order valence-electron chi connectivity index (χ1n) is 21.8. The van der Waals surface area contributed by atoms with Crippen LogP contribution in [-0.4, -0.2) is 133 Å². The number of rotatable bonds is 7. The zero-order chi connectivity index (χ0) is 43.3. The molecule has 58 heavy (non-hydrogen) atoms. The second kappa shape index (κ2) is 17.3. The van der Waals surface area contributed by atoms with E-state index < -0.39 is 82.0 Å². The van der Waals surface area contributed by atoms with E-state index >= 15 is 0 Å². The number of aliphatic hydroxyl groups is 6. The topological polar surface area (TPSA) is 206 Å². The highest BCUT2D eigenvalue weighted by atomic mass is 16.6. The monoisotopic (exact) mass is 819 g/mol. The van der Waals surface area contributed by atoms with Crippen LogP contribution in [0.15, 0.2) is 23.8 Å². The number of amides is 1. The molecule has 0 aromatic heterocycles. The summed E-state index contributed by atoms with van der Waals surface area (Å²) in [6.45, 7) is 16.7. The Labute approximate surface area is 345 Å². The summed E-state index contributed by atoms with van der Waals surface area (Å²) in [6, 6.07) is -0.663. The average Bonchev–Trinajstić information content (AvgIpc) is 3.47. The van der Waals surface area contributed by atoms with Crippen molar-refractivity contribution >= 4 is 17.7 Å². The molecule has 330 valence electrons. The number of nitrogens with one attached hydrogen (secondary N) is 1. The summed E-state index contributed by atoms with van der Waals surface area (Å²) in [4.78, 5) is 41.9. The van der Waals surface area contributed by atoms with Crippen molar-refractivity contribution in [1.82, 2.24) is 10.2 Å². The van der Waals surface area contributed by atoms with Gasteiger partial charge in [-0.1, -0.05) is 46.3 Å². The Balaban J connectivity index is 1.32. The molecule has 1 amide bonds. The van der Waals surface area contributed by atoms with Crippen molar-refractivity contribution in [2.45, 2.75) is 167 Å². The van der Waals surface area contributed by atoms with E-state index in [1.54, 1.807) is 40.0 Å². The van der Waals surface area contributed by atoms with E-state index in [1.165, 1.54) is 20.8 Å². The molecule has 7 N–H and O–H groups in total. The number of allylic oxidation sites excluding steroid dienone is 4. The number of fused-ring (bicyclic) bond motifs is 5. The normalized spacial score (nSPS) is 48.1. The molecular formula is C45H74N2O11. The summed E-state index contributed by atoms with van der Waals surface area (Å²) in [6.07, 6.45) is 3.59. The lowest BCUT2D eigenvalue weighted by molar-refractivity contribution is -0.194. The van der Waals surface area contributed by atoms with Crippen LogP contribution in [0.5, 0.6) is 0 Å². The Morgan fingerprint density at radius 3 is 2.31 bits per heavy atom. The number of carbonyl (C=O) groups is 3. The van der Waals surface area contributed by atoms with Crippen LogP contribution >= 0.6 is 0 Å². The minimum absolute atomic E-state index is 0.00962. The second-order valence-corrected chi connectivity index (χ2v) is 19.9. The fourth-order valence-corrected chi connectivity index (χ4v) is 12.6. The molecule has 0 radical (unpaired) electrons. The maximum Gasteiger partial charge on any atom is 0.311 e. The van der Waals surface area contributed by atoms with Gasteiger partial charge < -0.3 is 45.4 Å². The van der Waals surface area contributed by atoms with E-state index in [9.17, 15) is 45.0 Å². The maximum atomic E-state index is 14.4. The van der Waals surface area contributed by atoms with Crippen molar-refractivity contribution in [2.75, 3.05) is 26.7 Å². The van der Waals surface area contributed by atoms with Gasteiger partial charge >= 0.3 is 5.97 Å². The van der Waals surface area contributed by atoms with Crippen LogP contribution in [-0.2, 0) is 23.9 Å². The fourth-order valence-electron chi connectivity index (χ4n) is 12.6. The van der Waals surface area contributed by atoms with E-state index in [4.69, 9.17) is 9.47 Å². The molecule has 1 aliphatic heterocycles. The molecule has 1 heterocycles. The molecule has 0 bridgehead atoms. The van der Waals surface area contributed by atoms with E-state index in [1.807, 2.05) is 17.9 Å². The first kappa shape index (κ1) is 46.8. The number of ketones is 1. The predicted molar refractivity (Wildman–Crippen MR) is 218 cm³/mol. The van der Waals surface area contributed by atoms with Crippen LogP contribution in [0.3, 0.4) is 0 Å². The van der Waals surface area contributed by atoms with Gasteiger partial charge in [-0.2, -0.15) is 0 Å². The molecule has 4 aliphatic carbocycles. The quantitative estimate of drug-likeness (QED) is 0.146. The zero-order valence-electron chi connectivity index (χ0n) is 36.6. The van der Waals surface area contributed by atoms with Crippen molar-refractivity contribution in [3.63, 3.8) is 0 Å². The Morgan fingerprint density at radius 1 is 1.00 bits per heavy atom. The smallest absolute Gasteiger partial charge is 0.311 e. The molecule has 1 saturated heterocycles. The Bertz CT molecular complexity index is 1580. The lowest BCUT2D eigenvalue weighted by Gasteiger charge is -2.60. The third kappa shape index (κ3) is 8.12. The number of aliphatic hydroxyl groups excluding tert-OH is 4. The SMILES string of the molecule is CC[C@H]1OC(=O)[C@H](C)[C@@H](O)C(C)[C@@H](O)[C@](C)(O)C[C@@H](C)CN(CCCNC(=O)[C@@]2(OC)CCC3C4CCC5=CC(=O)C=C[C@]5(C)C4[C@@H](O)C[C@@]32C)[C@H](C)[C@@H](O)[C@]1(C)O. The van der Waals surface area contributed by atoms with Gasteiger partial charge in [0.15, 0.2) is 11.4 Å². The largest absolute Gasteiger partial charge is 0.459 e. The van der Waals surface area contributed by atoms with Gasteiger partial charge in [-0.3, -0.25) is 19.3 Å². The third-order valence-electron chi connectivity index (χ3n) is 16.0. The summed E-state index contributed by atoms with van der Waals surface area (Å²) >= 11 is 0. The highest BCUT2D eigenvalue weighted by Gasteiger charge is 2.69. The predicted octanol–water partition coefficient (Wildman–Crippen LogP) is 3.07. The summed E-state index contributed by atoms with van der Waals surface area (Å²) in [7, 11) is 1.58. The molecule has 4 unspecified atom stereocenters. The highest BCUT2D eigenvalue weighted by Crippen LogP contribution is 2.67. The number of hydrogen-bond donors (Lipinski definition) is 7. The summed E-state index contributed by atoms with van der Waals surface area (Å²) in [5, 5.41) is 72.4. The van der Waals surface area contributed by atoms with Crippen LogP contribution < -0.4 is 5.32 Å². The minimum Gasteiger partial charge on any atom is -0.459 e. The molecule has 5 aliphatic rings. The van der Waals surface area contributed by atoms with Crippen molar-refractivity contribution in [2.24, 2.45) is 46.3 Å². The van der Waals surface area contributed by atoms with Gasteiger partial charge in [-0.15, -0.1) is 0 Å². The Hall–Kier alpha value is -2.23.